The van der Waals surface area contributed by atoms with Gasteiger partial charge in [-0.1, -0.05) is 44.2 Å². The van der Waals surface area contributed by atoms with Gasteiger partial charge in [0.2, 0.25) is 0 Å². The molecule has 1 unspecified atom stereocenters. The van der Waals surface area contributed by atoms with E-state index in [2.05, 4.69) is 15.4 Å². The van der Waals surface area contributed by atoms with Crippen LogP contribution in [0.1, 0.15) is 31.9 Å². The predicted octanol–water partition coefficient (Wildman–Crippen LogP) is 2.25. The van der Waals surface area contributed by atoms with Gasteiger partial charge in [-0.05, 0) is 11.5 Å². The number of methoxy groups -OCH3 is 1. The molecule has 0 heterocycles. The van der Waals surface area contributed by atoms with Gasteiger partial charge in [0, 0.05) is 6.54 Å². The minimum absolute atomic E-state index is 0.107. The van der Waals surface area contributed by atoms with Crippen molar-refractivity contribution in [2.75, 3.05) is 13.7 Å². The first-order valence-corrected chi connectivity index (χ1v) is 6.69. The molecule has 1 rings (SSSR count). The molecule has 0 fully saturated rings. The first kappa shape index (κ1) is 16.0. The van der Waals surface area contributed by atoms with E-state index in [0.29, 0.717) is 12.5 Å². The summed E-state index contributed by atoms with van der Waals surface area (Å²) in [5, 5.41) is 5.57. The Bertz CT molecular complexity index is 432. The number of rotatable bonds is 6. The average molecular weight is 278 g/mol. The molecule has 2 amide bonds. The molecule has 0 aliphatic rings. The van der Waals surface area contributed by atoms with E-state index in [0.717, 1.165) is 5.56 Å². The van der Waals surface area contributed by atoms with Gasteiger partial charge >= 0.3 is 12.0 Å². The Balaban J connectivity index is 2.68. The van der Waals surface area contributed by atoms with Crippen LogP contribution in [0.25, 0.3) is 0 Å². The molecule has 1 aromatic carbocycles. The minimum Gasteiger partial charge on any atom is -0.469 e. The second-order valence-corrected chi connectivity index (χ2v) is 4.99. The molecule has 0 radical (unpaired) electrons. The van der Waals surface area contributed by atoms with Crippen molar-refractivity contribution in [3.05, 3.63) is 35.9 Å². The number of benzene rings is 1. The number of esters is 1. The maximum Gasteiger partial charge on any atom is 0.315 e. The van der Waals surface area contributed by atoms with Gasteiger partial charge in [-0.2, -0.15) is 0 Å². The fourth-order valence-electron chi connectivity index (χ4n) is 1.69. The van der Waals surface area contributed by atoms with Crippen molar-refractivity contribution in [3.63, 3.8) is 0 Å². The third-order valence-electron chi connectivity index (χ3n) is 2.78. The molecule has 0 aliphatic heterocycles. The lowest BCUT2D eigenvalue weighted by Crippen LogP contribution is -2.40. The predicted molar refractivity (Wildman–Crippen MR) is 77.2 cm³/mol. The summed E-state index contributed by atoms with van der Waals surface area (Å²) < 4.78 is 4.67. The zero-order chi connectivity index (χ0) is 15.0. The van der Waals surface area contributed by atoms with Crippen LogP contribution in [0.3, 0.4) is 0 Å². The molecular formula is C15H22N2O3. The van der Waals surface area contributed by atoms with Crippen molar-refractivity contribution in [2.45, 2.75) is 26.3 Å². The maximum atomic E-state index is 11.8. The summed E-state index contributed by atoms with van der Waals surface area (Å²) in [5.74, 6) is 0.0135. The van der Waals surface area contributed by atoms with Crippen LogP contribution in [0.15, 0.2) is 30.3 Å². The molecule has 5 heteroatoms. The Kier molecular flexibility index (Phi) is 6.56. The van der Waals surface area contributed by atoms with Crippen LogP contribution >= 0.6 is 0 Å². The Morgan fingerprint density at radius 2 is 1.85 bits per heavy atom. The summed E-state index contributed by atoms with van der Waals surface area (Å²) in [6, 6.07) is 8.69. The van der Waals surface area contributed by atoms with Gasteiger partial charge in [0.25, 0.3) is 0 Å². The van der Waals surface area contributed by atoms with Crippen molar-refractivity contribution in [1.29, 1.82) is 0 Å². The third kappa shape index (κ3) is 5.73. The normalized spacial score (nSPS) is 11.8. The number of nitrogens with one attached hydrogen (secondary N) is 2. The van der Waals surface area contributed by atoms with Gasteiger partial charge in [0.1, 0.15) is 0 Å². The van der Waals surface area contributed by atoms with Gasteiger partial charge in [0.15, 0.2) is 0 Å². The highest BCUT2D eigenvalue weighted by Crippen LogP contribution is 2.16. The van der Waals surface area contributed by atoms with Crippen LogP contribution in [-0.2, 0) is 9.53 Å². The van der Waals surface area contributed by atoms with Crippen LogP contribution in [0.5, 0.6) is 0 Å². The summed E-state index contributed by atoms with van der Waals surface area (Å²) >= 11 is 0. The third-order valence-corrected chi connectivity index (χ3v) is 2.78. The number of ether oxygens (including phenoxy) is 1. The smallest absolute Gasteiger partial charge is 0.315 e. The van der Waals surface area contributed by atoms with Gasteiger partial charge < -0.3 is 15.4 Å². The van der Waals surface area contributed by atoms with Crippen molar-refractivity contribution in [3.8, 4) is 0 Å². The van der Waals surface area contributed by atoms with E-state index < -0.39 is 6.04 Å². The lowest BCUT2D eigenvalue weighted by Gasteiger charge is -2.19. The van der Waals surface area contributed by atoms with Gasteiger partial charge in [0.05, 0.1) is 19.6 Å². The number of carbonyl (C=O) groups excluding carboxylic acids is 2. The Morgan fingerprint density at radius 1 is 1.20 bits per heavy atom. The number of hydrogen-bond acceptors (Lipinski definition) is 3. The standard InChI is InChI=1S/C15H22N2O3/c1-11(2)10-16-15(19)17-13(9-14(18)20-3)12-7-5-4-6-8-12/h4-8,11,13H,9-10H2,1-3H3,(H2,16,17,19). The average Bonchev–Trinajstić information content (AvgIpc) is 2.45. The molecule has 20 heavy (non-hydrogen) atoms. The van der Waals surface area contributed by atoms with Crippen LogP contribution in [0.4, 0.5) is 4.79 Å². The Morgan fingerprint density at radius 3 is 2.40 bits per heavy atom. The molecule has 0 saturated heterocycles. The van der Waals surface area contributed by atoms with E-state index in [1.165, 1.54) is 7.11 Å². The van der Waals surface area contributed by atoms with Crippen molar-refractivity contribution < 1.29 is 14.3 Å². The summed E-state index contributed by atoms with van der Waals surface area (Å²) in [6.07, 6.45) is 0.107. The quantitative estimate of drug-likeness (QED) is 0.784. The summed E-state index contributed by atoms with van der Waals surface area (Å²) in [4.78, 5) is 23.3. The number of amides is 2. The topological polar surface area (TPSA) is 67.4 Å². The molecule has 1 aromatic rings. The fourth-order valence-corrected chi connectivity index (χ4v) is 1.69. The number of carbonyl (C=O) groups is 2. The molecule has 0 spiro atoms. The highest BCUT2D eigenvalue weighted by Gasteiger charge is 2.18. The first-order valence-electron chi connectivity index (χ1n) is 6.69. The van der Waals surface area contributed by atoms with Crippen LogP contribution in [-0.4, -0.2) is 25.7 Å². The molecule has 5 nitrogen and oxygen atoms in total. The number of hydrogen-bond donors (Lipinski definition) is 2. The highest BCUT2D eigenvalue weighted by atomic mass is 16.5. The van der Waals surface area contributed by atoms with Gasteiger partial charge in [-0.15, -0.1) is 0 Å². The van der Waals surface area contributed by atoms with Crippen LogP contribution in [0, 0.1) is 5.92 Å². The molecule has 2 N–H and O–H groups in total. The Labute approximate surface area is 119 Å². The van der Waals surface area contributed by atoms with Crippen molar-refractivity contribution >= 4 is 12.0 Å². The molecule has 0 bridgehead atoms. The summed E-state index contributed by atoms with van der Waals surface area (Å²) in [5.41, 5.74) is 0.873. The lowest BCUT2D eigenvalue weighted by atomic mass is 10.0. The van der Waals surface area contributed by atoms with E-state index in [9.17, 15) is 9.59 Å². The molecule has 110 valence electrons. The van der Waals surface area contributed by atoms with E-state index in [1.807, 2.05) is 44.2 Å². The molecule has 0 aliphatic carbocycles. The van der Waals surface area contributed by atoms with E-state index in [-0.39, 0.29) is 18.4 Å². The molecule has 0 saturated carbocycles. The van der Waals surface area contributed by atoms with Crippen LogP contribution in [0.2, 0.25) is 0 Å². The molecular weight excluding hydrogens is 256 g/mol. The molecule has 1 atom stereocenters. The highest BCUT2D eigenvalue weighted by molar-refractivity contribution is 5.76. The summed E-state index contributed by atoms with van der Waals surface area (Å²) in [6.45, 7) is 4.62. The zero-order valence-electron chi connectivity index (χ0n) is 12.2. The van der Waals surface area contributed by atoms with E-state index in [4.69, 9.17) is 0 Å². The minimum atomic E-state index is -0.393. The number of urea groups is 1. The zero-order valence-corrected chi connectivity index (χ0v) is 12.2. The second kappa shape index (κ2) is 8.19. The van der Waals surface area contributed by atoms with Gasteiger partial charge in [-0.25, -0.2) is 4.79 Å². The van der Waals surface area contributed by atoms with Crippen molar-refractivity contribution in [2.24, 2.45) is 5.92 Å². The molecule has 0 aromatic heterocycles. The lowest BCUT2D eigenvalue weighted by molar-refractivity contribution is -0.141. The van der Waals surface area contributed by atoms with Crippen molar-refractivity contribution in [1.82, 2.24) is 10.6 Å². The largest absolute Gasteiger partial charge is 0.469 e. The Hall–Kier alpha value is -2.04. The monoisotopic (exact) mass is 278 g/mol. The summed E-state index contributed by atoms with van der Waals surface area (Å²) in [7, 11) is 1.34. The van der Waals surface area contributed by atoms with Gasteiger partial charge in [-0.3, -0.25) is 4.79 Å². The van der Waals surface area contributed by atoms with E-state index in [1.54, 1.807) is 0 Å². The SMILES string of the molecule is COC(=O)CC(NC(=O)NCC(C)C)c1ccccc1. The first-order chi connectivity index (χ1) is 9.52. The maximum absolute atomic E-state index is 11.8. The van der Waals surface area contributed by atoms with Crippen LogP contribution < -0.4 is 10.6 Å². The second-order valence-electron chi connectivity index (χ2n) is 4.99. The fraction of sp³-hybridized carbons (Fsp3) is 0.467. The van der Waals surface area contributed by atoms with E-state index >= 15 is 0 Å².